The van der Waals surface area contributed by atoms with Gasteiger partial charge in [-0.2, -0.15) is 4.98 Å². The molecule has 140 valence electrons. The van der Waals surface area contributed by atoms with Gasteiger partial charge in [0.05, 0.1) is 14.2 Å². The Kier molecular flexibility index (Phi) is 4.61. The molecule has 27 heavy (non-hydrogen) atoms. The lowest BCUT2D eigenvalue weighted by Crippen LogP contribution is -2.24. The fourth-order valence-electron chi connectivity index (χ4n) is 3.05. The molecule has 1 unspecified atom stereocenters. The minimum absolute atomic E-state index is 0.0145. The maximum atomic E-state index is 12.5. The SMILES string of the molecule is COc1ccc(N2CC(c3noc(-c4ccc(Br)o4)n3)CC2=O)cc1OC. The van der Waals surface area contributed by atoms with Crippen LogP contribution >= 0.6 is 15.9 Å². The Morgan fingerprint density at radius 1 is 1.19 bits per heavy atom. The van der Waals surface area contributed by atoms with Crippen molar-refractivity contribution in [1.29, 1.82) is 0 Å². The maximum absolute atomic E-state index is 12.5. The van der Waals surface area contributed by atoms with E-state index in [1.165, 1.54) is 0 Å². The lowest BCUT2D eigenvalue weighted by Gasteiger charge is -2.18. The van der Waals surface area contributed by atoms with E-state index in [4.69, 9.17) is 18.4 Å². The molecule has 4 rings (SSSR count). The zero-order valence-electron chi connectivity index (χ0n) is 14.6. The number of hydrogen-bond donors (Lipinski definition) is 0. The summed E-state index contributed by atoms with van der Waals surface area (Å²) in [6, 6.07) is 8.86. The Bertz CT molecular complexity index is 983. The molecular formula is C18H16BrN3O5. The number of rotatable bonds is 5. The van der Waals surface area contributed by atoms with E-state index >= 15 is 0 Å². The summed E-state index contributed by atoms with van der Waals surface area (Å²) in [5.41, 5.74) is 0.735. The van der Waals surface area contributed by atoms with Gasteiger partial charge in [-0.05, 0) is 40.2 Å². The third-order valence-corrected chi connectivity index (χ3v) is 4.82. The summed E-state index contributed by atoms with van der Waals surface area (Å²) in [4.78, 5) is 18.6. The zero-order chi connectivity index (χ0) is 19.0. The molecule has 2 aromatic heterocycles. The van der Waals surface area contributed by atoms with Crippen molar-refractivity contribution in [3.8, 4) is 23.1 Å². The van der Waals surface area contributed by atoms with Gasteiger partial charge < -0.3 is 23.3 Å². The highest BCUT2D eigenvalue weighted by molar-refractivity contribution is 9.10. The highest BCUT2D eigenvalue weighted by Crippen LogP contribution is 2.36. The maximum Gasteiger partial charge on any atom is 0.293 e. The molecule has 1 amide bonds. The molecule has 0 aliphatic carbocycles. The first-order valence-electron chi connectivity index (χ1n) is 8.20. The summed E-state index contributed by atoms with van der Waals surface area (Å²) in [5, 5.41) is 4.02. The summed E-state index contributed by atoms with van der Waals surface area (Å²) in [7, 11) is 3.13. The van der Waals surface area contributed by atoms with Gasteiger partial charge in [0.25, 0.3) is 5.89 Å². The van der Waals surface area contributed by atoms with Gasteiger partial charge in [0.15, 0.2) is 27.8 Å². The van der Waals surface area contributed by atoms with E-state index in [-0.39, 0.29) is 17.7 Å². The predicted molar refractivity (Wildman–Crippen MR) is 99.0 cm³/mol. The van der Waals surface area contributed by atoms with Gasteiger partial charge in [-0.3, -0.25) is 4.79 Å². The second-order valence-corrected chi connectivity index (χ2v) is 6.79. The Hall–Kier alpha value is -2.81. The average Bonchev–Trinajstić information content (AvgIpc) is 3.40. The molecule has 0 bridgehead atoms. The Balaban J connectivity index is 1.55. The minimum Gasteiger partial charge on any atom is -0.493 e. The molecule has 1 fully saturated rings. The van der Waals surface area contributed by atoms with Crippen molar-refractivity contribution in [3.63, 3.8) is 0 Å². The van der Waals surface area contributed by atoms with Gasteiger partial charge in [0.2, 0.25) is 5.91 Å². The van der Waals surface area contributed by atoms with Crippen LogP contribution in [0.1, 0.15) is 18.2 Å². The Labute approximate surface area is 163 Å². The van der Waals surface area contributed by atoms with Crippen molar-refractivity contribution in [1.82, 2.24) is 10.1 Å². The van der Waals surface area contributed by atoms with Crippen LogP contribution in [0.3, 0.4) is 0 Å². The monoisotopic (exact) mass is 433 g/mol. The predicted octanol–water partition coefficient (Wildman–Crippen LogP) is 3.63. The highest BCUT2D eigenvalue weighted by atomic mass is 79.9. The van der Waals surface area contributed by atoms with Crippen LogP contribution < -0.4 is 14.4 Å². The van der Waals surface area contributed by atoms with Gasteiger partial charge in [-0.1, -0.05) is 5.16 Å². The van der Waals surface area contributed by atoms with E-state index in [0.29, 0.717) is 40.7 Å². The molecule has 0 saturated carbocycles. The van der Waals surface area contributed by atoms with Crippen molar-refractivity contribution in [2.24, 2.45) is 0 Å². The van der Waals surface area contributed by atoms with E-state index < -0.39 is 0 Å². The quantitative estimate of drug-likeness (QED) is 0.606. The molecule has 1 atom stereocenters. The number of benzene rings is 1. The van der Waals surface area contributed by atoms with Gasteiger partial charge in [0, 0.05) is 30.6 Å². The summed E-state index contributed by atoms with van der Waals surface area (Å²) in [6.45, 7) is 0.454. The largest absolute Gasteiger partial charge is 0.493 e. The number of amides is 1. The van der Waals surface area contributed by atoms with Crippen molar-refractivity contribution in [2.45, 2.75) is 12.3 Å². The van der Waals surface area contributed by atoms with E-state index in [0.717, 1.165) is 5.69 Å². The van der Waals surface area contributed by atoms with Crippen molar-refractivity contribution < 1.29 is 23.2 Å². The second-order valence-electron chi connectivity index (χ2n) is 6.01. The van der Waals surface area contributed by atoms with E-state index in [1.807, 2.05) is 6.07 Å². The molecule has 9 heteroatoms. The smallest absolute Gasteiger partial charge is 0.293 e. The lowest BCUT2D eigenvalue weighted by molar-refractivity contribution is -0.117. The van der Waals surface area contributed by atoms with Crippen LogP contribution in [0.4, 0.5) is 5.69 Å². The normalized spacial score (nSPS) is 16.8. The third kappa shape index (κ3) is 3.30. The summed E-state index contributed by atoms with van der Waals surface area (Å²) >= 11 is 3.24. The van der Waals surface area contributed by atoms with Crippen LogP contribution in [0, 0.1) is 0 Å². The fourth-order valence-corrected chi connectivity index (χ4v) is 3.36. The third-order valence-electron chi connectivity index (χ3n) is 4.39. The van der Waals surface area contributed by atoms with Crippen LogP contribution in [0.5, 0.6) is 11.5 Å². The van der Waals surface area contributed by atoms with Crippen LogP contribution in [0.15, 0.2) is 43.9 Å². The Morgan fingerprint density at radius 2 is 2.00 bits per heavy atom. The van der Waals surface area contributed by atoms with Gasteiger partial charge in [-0.25, -0.2) is 0 Å². The number of furan rings is 1. The zero-order valence-corrected chi connectivity index (χ0v) is 16.2. The van der Waals surface area contributed by atoms with E-state index in [9.17, 15) is 4.79 Å². The number of ether oxygens (including phenoxy) is 2. The first-order valence-corrected chi connectivity index (χ1v) is 9.00. The number of halogens is 1. The number of carbonyl (C=O) groups is 1. The number of anilines is 1. The molecule has 1 aliphatic heterocycles. The summed E-state index contributed by atoms with van der Waals surface area (Å²) in [5.74, 6) is 2.23. The van der Waals surface area contributed by atoms with Crippen LogP contribution in [0.2, 0.25) is 0 Å². The molecule has 1 aliphatic rings. The van der Waals surface area contributed by atoms with Gasteiger partial charge in [-0.15, -0.1) is 0 Å². The number of carbonyl (C=O) groups excluding carboxylic acids is 1. The second kappa shape index (κ2) is 7.07. The van der Waals surface area contributed by atoms with E-state index in [1.54, 1.807) is 43.4 Å². The molecule has 1 aromatic carbocycles. The fraction of sp³-hybridized carbons (Fsp3) is 0.278. The van der Waals surface area contributed by atoms with Crippen LogP contribution in [0.25, 0.3) is 11.7 Å². The molecule has 0 radical (unpaired) electrons. The molecular weight excluding hydrogens is 418 g/mol. The standard InChI is InChI=1S/C18H16BrN3O5/c1-24-12-4-3-11(8-14(12)25-2)22-9-10(7-16(22)23)17-20-18(27-21-17)13-5-6-15(19)26-13/h3-6,8,10H,7,9H2,1-2H3. The summed E-state index contributed by atoms with van der Waals surface area (Å²) in [6.07, 6.45) is 0.301. The van der Waals surface area contributed by atoms with Crippen LogP contribution in [-0.2, 0) is 4.79 Å². The van der Waals surface area contributed by atoms with Gasteiger partial charge >= 0.3 is 0 Å². The number of hydrogen-bond acceptors (Lipinski definition) is 7. The molecule has 1 saturated heterocycles. The van der Waals surface area contributed by atoms with Crippen molar-refractivity contribution in [2.75, 3.05) is 25.7 Å². The van der Waals surface area contributed by atoms with E-state index in [2.05, 4.69) is 26.1 Å². The average molecular weight is 434 g/mol. The van der Waals surface area contributed by atoms with Gasteiger partial charge in [0.1, 0.15) is 0 Å². The number of methoxy groups -OCH3 is 2. The summed E-state index contributed by atoms with van der Waals surface area (Å²) < 4.78 is 21.8. The Morgan fingerprint density at radius 3 is 2.70 bits per heavy atom. The van der Waals surface area contributed by atoms with Crippen molar-refractivity contribution in [3.05, 3.63) is 40.8 Å². The number of aromatic nitrogens is 2. The molecule has 3 heterocycles. The molecule has 0 N–H and O–H groups in total. The molecule has 3 aromatic rings. The topological polar surface area (TPSA) is 90.8 Å². The van der Waals surface area contributed by atoms with Crippen LogP contribution in [-0.4, -0.2) is 36.8 Å². The number of nitrogens with zero attached hydrogens (tertiary/aromatic N) is 3. The molecule has 8 nitrogen and oxygen atoms in total. The molecule has 0 spiro atoms. The minimum atomic E-state index is -0.165. The first kappa shape index (κ1) is 17.6. The first-order chi connectivity index (χ1) is 13.1. The van der Waals surface area contributed by atoms with Crippen molar-refractivity contribution >= 4 is 27.5 Å². The highest BCUT2D eigenvalue weighted by Gasteiger charge is 2.35. The lowest BCUT2D eigenvalue weighted by atomic mass is 10.1.